The minimum Gasteiger partial charge on any atom is -0.449 e. The van der Waals surface area contributed by atoms with E-state index in [-0.39, 0.29) is 12.2 Å². The van der Waals surface area contributed by atoms with Crippen molar-refractivity contribution in [2.24, 2.45) is 40.4 Å². The van der Waals surface area contributed by atoms with Gasteiger partial charge in [0.2, 0.25) is 0 Å². The molecule has 4 rings (SSSR count). The summed E-state index contributed by atoms with van der Waals surface area (Å²) >= 11 is 0. The van der Waals surface area contributed by atoms with E-state index in [4.69, 9.17) is 4.74 Å². The lowest BCUT2D eigenvalue weighted by Gasteiger charge is -2.58. The maximum absolute atomic E-state index is 11.5. The van der Waals surface area contributed by atoms with Crippen molar-refractivity contribution in [3.8, 4) is 0 Å². The Balaban J connectivity index is 1.51. The molecule has 2 N–H and O–H groups in total. The molecule has 0 heterocycles. The van der Waals surface area contributed by atoms with E-state index in [1.165, 1.54) is 32.1 Å². The molecule has 0 aliphatic heterocycles. The van der Waals surface area contributed by atoms with E-state index in [2.05, 4.69) is 32.2 Å². The second-order valence-electron chi connectivity index (χ2n) is 10.7. The Morgan fingerprint density at radius 3 is 2.79 bits per heavy atom. The molecule has 158 valence electrons. The van der Waals surface area contributed by atoms with Crippen LogP contribution in [0.5, 0.6) is 0 Å². The van der Waals surface area contributed by atoms with Crippen LogP contribution in [0, 0.1) is 40.4 Å². The molecule has 3 fully saturated rings. The average molecular weight is 390 g/mol. The van der Waals surface area contributed by atoms with Crippen LogP contribution in [0.25, 0.3) is 0 Å². The first kappa shape index (κ1) is 20.3. The number of hydrogen-bond acceptors (Lipinski definition) is 3. The Hall–Kier alpha value is -1.03. The first-order chi connectivity index (χ1) is 13.3. The second-order valence-corrected chi connectivity index (χ2v) is 10.7. The van der Waals surface area contributed by atoms with Crippen molar-refractivity contribution in [3.63, 3.8) is 0 Å². The van der Waals surface area contributed by atoms with Crippen LogP contribution in [0.2, 0.25) is 0 Å². The van der Waals surface area contributed by atoms with Crippen LogP contribution in [0.15, 0.2) is 11.6 Å². The molecule has 0 bridgehead atoms. The van der Waals surface area contributed by atoms with Crippen molar-refractivity contribution >= 4 is 6.09 Å². The standard InChI is InChI=1S/C24H39NO3/c1-15(14-28-22(27)25-4)19-7-8-20-18-6-5-16-13-17(26)9-11-23(16,2)21(18)10-12-24(19,20)3/h5,15,17-21,26H,6-14H2,1-4H3,(H,25,27)/t15-,17+,18+,19-,20+,21+,23+,24-/m1/s1. The summed E-state index contributed by atoms with van der Waals surface area (Å²) < 4.78 is 5.41. The van der Waals surface area contributed by atoms with E-state index >= 15 is 0 Å². The van der Waals surface area contributed by atoms with Gasteiger partial charge in [0.05, 0.1) is 12.7 Å². The number of ether oxygens (including phenoxy) is 1. The van der Waals surface area contributed by atoms with Gasteiger partial charge >= 0.3 is 6.09 Å². The van der Waals surface area contributed by atoms with Crippen molar-refractivity contribution in [2.45, 2.75) is 78.2 Å². The highest BCUT2D eigenvalue weighted by molar-refractivity contribution is 5.66. The molecule has 0 aromatic rings. The third kappa shape index (κ3) is 3.11. The van der Waals surface area contributed by atoms with Gasteiger partial charge in [-0.25, -0.2) is 4.79 Å². The van der Waals surface area contributed by atoms with Crippen LogP contribution in [0.3, 0.4) is 0 Å². The zero-order chi connectivity index (χ0) is 20.1. The molecule has 0 unspecified atom stereocenters. The van der Waals surface area contributed by atoms with Gasteiger partial charge in [0.25, 0.3) is 0 Å². The fraction of sp³-hybridized carbons (Fsp3) is 0.875. The highest BCUT2D eigenvalue weighted by Gasteiger charge is 2.59. The van der Waals surface area contributed by atoms with E-state index in [1.54, 1.807) is 12.6 Å². The number of carbonyl (C=O) groups excluding carboxylic acids is 1. The maximum atomic E-state index is 11.5. The fourth-order valence-electron chi connectivity index (χ4n) is 8.01. The van der Waals surface area contributed by atoms with Crippen molar-refractivity contribution in [3.05, 3.63) is 11.6 Å². The molecule has 1 amide bonds. The number of aliphatic hydroxyl groups excluding tert-OH is 1. The van der Waals surface area contributed by atoms with Crippen LogP contribution in [-0.4, -0.2) is 31.0 Å². The van der Waals surface area contributed by atoms with E-state index in [1.807, 2.05) is 0 Å². The first-order valence-electron chi connectivity index (χ1n) is 11.5. The molecule has 0 spiro atoms. The topological polar surface area (TPSA) is 58.6 Å². The predicted octanol–water partition coefficient (Wildman–Crippen LogP) is 4.92. The Bertz CT molecular complexity index is 646. The molecule has 0 saturated heterocycles. The highest BCUT2D eigenvalue weighted by atomic mass is 16.5. The molecule has 4 nitrogen and oxygen atoms in total. The van der Waals surface area contributed by atoms with Crippen molar-refractivity contribution in [1.29, 1.82) is 0 Å². The van der Waals surface area contributed by atoms with E-state index in [9.17, 15) is 9.90 Å². The van der Waals surface area contributed by atoms with E-state index in [0.29, 0.717) is 29.3 Å². The molecule has 0 radical (unpaired) electrons. The van der Waals surface area contributed by atoms with Crippen molar-refractivity contribution < 1.29 is 14.6 Å². The molecule has 0 aromatic heterocycles. The summed E-state index contributed by atoms with van der Waals surface area (Å²) in [5.41, 5.74) is 2.25. The first-order valence-corrected chi connectivity index (χ1v) is 11.5. The number of amides is 1. The Kier molecular flexibility index (Phi) is 5.31. The fourth-order valence-corrected chi connectivity index (χ4v) is 8.01. The van der Waals surface area contributed by atoms with Gasteiger partial charge in [-0.2, -0.15) is 0 Å². The van der Waals surface area contributed by atoms with E-state index < -0.39 is 0 Å². The average Bonchev–Trinajstić information content (AvgIpc) is 3.03. The maximum Gasteiger partial charge on any atom is 0.406 e. The number of allylic oxidation sites excluding steroid dienone is 1. The summed E-state index contributed by atoms with van der Waals surface area (Å²) in [6.45, 7) is 7.83. The van der Waals surface area contributed by atoms with Crippen LogP contribution in [0.1, 0.15) is 72.1 Å². The normalized spacial score (nSPS) is 45.9. The smallest absolute Gasteiger partial charge is 0.406 e. The zero-order valence-electron chi connectivity index (χ0n) is 18.2. The Labute approximate surface area is 170 Å². The third-order valence-corrected chi connectivity index (χ3v) is 9.52. The summed E-state index contributed by atoms with van der Waals surface area (Å²) in [5.74, 6) is 3.43. The molecule has 4 aliphatic rings. The lowest BCUT2D eigenvalue weighted by atomic mass is 9.47. The van der Waals surface area contributed by atoms with Gasteiger partial charge < -0.3 is 15.2 Å². The molecular weight excluding hydrogens is 350 g/mol. The lowest BCUT2D eigenvalue weighted by molar-refractivity contribution is -0.0602. The summed E-state index contributed by atoms with van der Waals surface area (Å²) in [5, 5.41) is 12.7. The molecule has 4 heteroatoms. The monoisotopic (exact) mass is 389 g/mol. The zero-order valence-corrected chi connectivity index (χ0v) is 18.2. The summed E-state index contributed by atoms with van der Waals surface area (Å²) in [6, 6.07) is 0. The van der Waals surface area contributed by atoms with Gasteiger partial charge in [0.1, 0.15) is 0 Å². The van der Waals surface area contributed by atoms with Crippen LogP contribution in [0.4, 0.5) is 4.79 Å². The molecule has 3 saturated carbocycles. The highest BCUT2D eigenvalue weighted by Crippen LogP contribution is 2.67. The van der Waals surface area contributed by atoms with Gasteiger partial charge in [-0.1, -0.05) is 32.4 Å². The summed E-state index contributed by atoms with van der Waals surface area (Å²) in [4.78, 5) is 11.5. The molecule has 4 aliphatic carbocycles. The van der Waals surface area contributed by atoms with Gasteiger partial charge in [-0.3, -0.25) is 0 Å². The van der Waals surface area contributed by atoms with Gasteiger partial charge in [0.15, 0.2) is 0 Å². The van der Waals surface area contributed by atoms with Crippen molar-refractivity contribution in [2.75, 3.05) is 13.7 Å². The minimum absolute atomic E-state index is 0.123. The number of fused-ring (bicyclic) bond motifs is 5. The van der Waals surface area contributed by atoms with Gasteiger partial charge in [-0.15, -0.1) is 0 Å². The molecule has 8 atom stereocenters. The third-order valence-electron chi connectivity index (χ3n) is 9.52. The number of rotatable bonds is 3. The minimum atomic E-state index is -0.312. The SMILES string of the molecule is CNC(=O)OC[C@@H](C)[C@H]1CC[C@H]2[C@@H]3CC=C4C[C@@H](O)CC[C@]4(C)[C@H]3CC[C@]12C. The molecular formula is C24H39NO3. The number of carbonyl (C=O) groups is 1. The number of nitrogens with one attached hydrogen (secondary N) is 1. The quantitative estimate of drug-likeness (QED) is 0.674. The largest absolute Gasteiger partial charge is 0.449 e. The summed E-state index contributed by atoms with van der Waals surface area (Å²) in [7, 11) is 1.62. The lowest BCUT2D eigenvalue weighted by Crippen LogP contribution is -2.51. The number of alkyl carbamates (subject to hydrolysis) is 1. The molecule has 28 heavy (non-hydrogen) atoms. The predicted molar refractivity (Wildman–Crippen MR) is 111 cm³/mol. The number of hydrogen-bond donors (Lipinski definition) is 2. The van der Waals surface area contributed by atoms with Crippen molar-refractivity contribution in [1.82, 2.24) is 5.32 Å². The Morgan fingerprint density at radius 2 is 2.04 bits per heavy atom. The van der Waals surface area contributed by atoms with Gasteiger partial charge in [0, 0.05) is 7.05 Å². The molecule has 0 aromatic carbocycles. The summed E-state index contributed by atoms with van der Waals surface area (Å²) in [6.07, 6.45) is 11.5. The van der Waals surface area contributed by atoms with Crippen LogP contribution >= 0.6 is 0 Å². The van der Waals surface area contributed by atoms with Crippen LogP contribution < -0.4 is 5.32 Å². The Morgan fingerprint density at radius 1 is 1.25 bits per heavy atom. The van der Waals surface area contributed by atoms with Gasteiger partial charge in [-0.05, 0) is 91.8 Å². The van der Waals surface area contributed by atoms with Crippen LogP contribution in [-0.2, 0) is 4.74 Å². The van der Waals surface area contributed by atoms with E-state index in [0.717, 1.165) is 37.0 Å². The second kappa shape index (κ2) is 7.34. The number of aliphatic hydroxyl groups is 1.